The Morgan fingerprint density at radius 1 is 1.35 bits per heavy atom. The Hall–Kier alpha value is -1.53. The van der Waals surface area contributed by atoms with E-state index in [1.165, 1.54) is 17.4 Å². The van der Waals surface area contributed by atoms with Gasteiger partial charge in [-0.15, -0.1) is 5.10 Å². The summed E-state index contributed by atoms with van der Waals surface area (Å²) in [7, 11) is 1.83. The molecule has 0 saturated carbocycles. The fourth-order valence-corrected chi connectivity index (χ4v) is 1.97. The van der Waals surface area contributed by atoms with Crippen LogP contribution in [0.25, 0.3) is 0 Å². The van der Waals surface area contributed by atoms with E-state index in [0.717, 1.165) is 5.01 Å². The molecule has 0 bridgehead atoms. The van der Waals surface area contributed by atoms with Crippen molar-refractivity contribution in [3.63, 3.8) is 0 Å². The van der Waals surface area contributed by atoms with Crippen LogP contribution in [0.2, 0.25) is 0 Å². The van der Waals surface area contributed by atoms with E-state index in [2.05, 4.69) is 15.5 Å². The average Bonchev–Trinajstić information content (AvgIpc) is 2.76. The fourth-order valence-electron chi connectivity index (χ4n) is 1.27. The van der Waals surface area contributed by atoms with E-state index in [4.69, 9.17) is 4.74 Å². The summed E-state index contributed by atoms with van der Waals surface area (Å²) in [5.41, 5.74) is 0.512. The first-order valence-electron chi connectivity index (χ1n) is 5.13. The van der Waals surface area contributed by atoms with Crippen molar-refractivity contribution in [3.8, 4) is 5.19 Å². The summed E-state index contributed by atoms with van der Waals surface area (Å²) < 4.78 is 18.7. The molecular weight excluding hydrogens is 241 g/mol. The van der Waals surface area contributed by atoms with E-state index < -0.39 is 0 Å². The van der Waals surface area contributed by atoms with Gasteiger partial charge >= 0.3 is 0 Å². The van der Waals surface area contributed by atoms with Gasteiger partial charge in [-0.1, -0.05) is 34.6 Å². The van der Waals surface area contributed by atoms with Crippen LogP contribution in [0.15, 0.2) is 24.3 Å². The zero-order valence-corrected chi connectivity index (χ0v) is 10.1. The highest BCUT2D eigenvalue weighted by Gasteiger charge is 2.06. The third-order valence-electron chi connectivity index (χ3n) is 2.09. The molecule has 4 nitrogen and oxygen atoms in total. The van der Waals surface area contributed by atoms with Gasteiger partial charge in [-0.25, -0.2) is 4.39 Å². The Morgan fingerprint density at radius 2 is 2.18 bits per heavy atom. The SMILES string of the molecule is CNCc1nnc(OCc2ccccc2F)s1. The van der Waals surface area contributed by atoms with Gasteiger partial charge in [-0.05, 0) is 13.1 Å². The van der Waals surface area contributed by atoms with Crippen LogP contribution >= 0.6 is 11.3 Å². The predicted octanol–water partition coefficient (Wildman–Crippen LogP) is 1.98. The van der Waals surface area contributed by atoms with Gasteiger partial charge in [-0.2, -0.15) is 0 Å². The number of nitrogens with one attached hydrogen (secondary N) is 1. The summed E-state index contributed by atoms with van der Waals surface area (Å²) >= 11 is 1.35. The number of benzene rings is 1. The van der Waals surface area contributed by atoms with E-state index in [1.54, 1.807) is 18.2 Å². The summed E-state index contributed by atoms with van der Waals surface area (Å²) in [6.07, 6.45) is 0. The lowest BCUT2D eigenvalue weighted by Gasteiger charge is -2.02. The van der Waals surface area contributed by atoms with Crippen molar-refractivity contribution >= 4 is 11.3 Å². The average molecular weight is 253 g/mol. The van der Waals surface area contributed by atoms with Crippen molar-refractivity contribution < 1.29 is 9.13 Å². The quantitative estimate of drug-likeness (QED) is 0.885. The molecule has 0 saturated heterocycles. The molecule has 1 N–H and O–H groups in total. The molecule has 2 rings (SSSR count). The monoisotopic (exact) mass is 253 g/mol. The molecule has 0 spiro atoms. The topological polar surface area (TPSA) is 47.0 Å². The predicted molar refractivity (Wildman–Crippen MR) is 63.4 cm³/mol. The maximum Gasteiger partial charge on any atom is 0.294 e. The second kappa shape index (κ2) is 5.70. The lowest BCUT2D eigenvalue weighted by molar-refractivity contribution is 0.295. The van der Waals surface area contributed by atoms with Crippen LogP contribution in [-0.2, 0) is 13.2 Å². The van der Waals surface area contributed by atoms with Crippen LogP contribution in [0.4, 0.5) is 4.39 Å². The molecule has 1 aromatic carbocycles. The molecule has 2 aromatic rings. The number of nitrogens with zero attached hydrogens (tertiary/aromatic N) is 2. The van der Waals surface area contributed by atoms with Crippen molar-refractivity contribution in [1.82, 2.24) is 15.5 Å². The Bertz CT molecular complexity index is 489. The molecule has 6 heteroatoms. The van der Waals surface area contributed by atoms with E-state index >= 15 is 0 Å². The first-order chi connectivity index (χ1) is 8.29. The number of halogens is 1. The number of hydrogen-bond acceptors (Lipinski definition) is 5. The van der Waals surface area contributed by atoms with Gasteiger partial charge in [0.25, 0.3) is 5.19 Å². The first kappa shape index (κ1) is 11.9. The number of ether oxygens (including phenoxy) is 1. The standard InChI is InChI=1S/C11H12FN3OS/c1-13-6-10-14-15-11(17-10)16-7-8-4-2-3-5-9(8)12/h2-5,13H,6-7H2,1H3. The summed E-state index contributed by atoms with van der Waals surface area (Å²) in [5, 5.41) is 12.1. The molecule has 0 amide bonds. The Labute approximate surface area is 102 Å². The minimum Gasteiger partial charge on any atom is -0.464 e. The van der Waals surface area contributed by atoms with Gasteiger partial charge < -0.3 is 10.1 Å². The fraction of sp³-hybridized carbons (Fsp3) is 0.273. The van der Waals surface area contributed by atoms with Crippen LogP contribution in [0.3, 0.4) is 0 Å². The third-order valence-corrected chi connectivity index (χ3v) is 2.92. The number of hydrogen-bond donors (Lipinski definition) is 1. The van der Waals surface area contributed by atoms with E-state index in [-0.39, 0.29) is 12.4 Å². The molecule has 0 fully saturated rings. The molecule has 0 aliphatic carbocycles. The number of aromatic nitrogens is 2. The lowest BCUT2D eigenvalue weighted by atomic mass is 10.2. The maximum atomic E-state index is 13.3. The summed E-state index contributed by atoms with van der Waals surface area (Å²) in [4.78, 5) is 0. The second-order valence-corrected chi connectivity index (χ2v) is 4.40. The van der Waals surface area contributed by atoms with Gasteiger partial charge in [0, 0.05) is 12.1 Å². The Kier molecular flexibility index (Phi) is 4.00. The van der Waals surface area contributed by atoms with Crippen molar-refractivity contribution in [1.29, 1.82) is 0 Å². The minimum atomic E-state index is -0.271. The molecule has 0 aliphatic heterocycles. The largest absolute Gasteiger partial charge is 0.464 e. The van der Waals surface area contributed by atoms with Crippen molar-refractivity contribution in [3.05, 3.63) is 40.7 Å². The lowest BCUT2D eigenvalue weighted by Crippen LogP contribution is -2.04. The van der Waals surface area contributed by atoms with E-state index in [9.17, 15) is 4.39 Å². The molecule has 0 unspecified atom stereocenters. The molecular formula is C11H12FN3OS. The molecule has 90 valence electrons. The third kappa shape index (κ3) is 3.21. The van der Waals surface area contributed by atoms with Crippen molar-refractivity contribution in [2.45, 2.75) is 13.2 Å². The minimum absolute atomic E-state index is 0.168. The first-order valence-corrected chi connectivity index (χ1v) is 5.94. The zero-order valence-electron chi connectivity index (χ0n) is 9.31. The molecule has 0 aliphatic rings. The van der Waals surface area contributed by atoms with Crippen LogP contribution in [0.5, 0.6) is 5.19 Å². The smallest absolute Gasteiger partial charge is 0.294 e. The Morgan fingerprint density at radius 3 is 2.94 bits per heavy atom. The molecule has 0 radical (unpaired) electrons. The normalized spacial score (nSPS) is 10.5. The molecule has 17 heavy (non-hydrogen) atoms. The number of rotatable bonds is 5. The van der Waals surface area contributed by atoms with Crippen LogP contribution in [-0.4, -0.2) is 17.2 Å². The van der Waals surface area contributed by atoms with E-state index in [0.29, 0.717) is 17.3 Å². The van der Waals surface area contributed by atoms with Gasteiger partial charge in [0.2, 0.25) is 0 Å². The van der Waals surface area contributed by atoms with Gasteiger partial charge in [0.15, 0.2) is 0 Å². The van der Waals surface area contributed by atoms with Crippen molar-refractivity contribution in [2.75, 3.05) is 7.05 Å². The maximum absolute atomic E-state index is 13.3. The van der Waals surface area contributed by atoms with Crippen LogP contribution in [0.1, 0.15) is 10.6 Å². The van der Waals surface area contributed by atoms with Gasteiger partial charge in [0.05, 0.1) is 0 Å². The molecule has 0 atom stereocenters. The summed E-state index contributed by atoms with van der Waals surface area (Å²) in [6, 6.07) is 6.51. The van der Waals surface area contributed by atoms with Crippen LogP contribution in [0, 0.1) is 5.82 Å². The highest BCUT2D eigenvalue weighted by molar-refractivity contribution is 7.13. The molecule has 1 aromatic heterocycles. The molecule has 1 heterocycles. The summed E-state index contributed by atoms with van der Waals surface area (Å²) in [5.74, 6) is -0.271. The van der Waals surface area contributed by atoms with Gasteiger partial charge in [-0.3, -0.25) is 0 Å². The zero-order chi connectivity index (χ0) is 12.1. The van der Waals surface area contributed by atoms with Crippen molar-refractivity contribution in [2.24, 2.45) is 0 Å². The van der Waals surface area contributed by atoms with Gasteiger partial charge in [0.1, 0.15) is 17.4 Å². The highest BCUT2D eigenvalue weighted by Crippen LogP contribution is 2.19. The van der Waals surface area contributed by atoms with E-state index in [1.807, 2.05) is 7.05 Å². The Balaban J connectivity index is 1.95. The summed E-state index contributed by atoms with van der Waals surface area (Å²) in [6.45, 7) is 0.821. The van der Waals surface area contributed by atoms with Crippen LogP contribution < -0.4 is 10.1 Å². The second-order valence-electron chi connectivity index (χ2n) is 3.37. The highest BCUT2D eigenvalue weighted by atomic mass is 32.1.